The van der Waals surface area contributed by atoms with Gasteiger partial charge in [-0.25, -0.2) is 4.63 Å². The number of nitrogens with two attached hydrogens (primary N) is 1. The lowest BCUT2D eigenvalue weighted by molar-refractivity contribution is 0.134. The molecule has 18 heavy (non-hydrogen) atoms. The number of rotatable bonds is 7. The minimum atomic E-state index is 0.572. The zero-order valence-corrected chi connectivity index (χ0v) is 10.5. The number of ether oxygens (including phenoxy) is 1. The van der Waals surface area contributed by atoms with Crippen LogP contribution < -0.4 is 11.1 Å². The van der Waals surface area contributed by atoms with E-state index in [2.05, 4.69) is 22.6 Å². The molecule has 0 atom stereocenters. The van der Waals surface area contributed by atoms with Crippen molar-refractivity contribution in [3.8, 4) is 0 Å². The van der Waals surface area contributed by atoms with Crippen molar-refractivity contribution in [1.29, 1.82) is 0 Å². The van der Waals surface area contributed by atoms with Crippen molar-refractivity contribution in [1.82, 2.24) is 10.3 Å². The van der Waals surface area contributed by atoms with Gasteiger partial charge in [-0.15, -0.1) is 0 Å². The van der Waals surface area contributed by atoms with Crippen LogP contribution in [0.2, 0.25) is 0 Å². The first-order valence-corrected chi connectivity index (χ1v) is 6.15. The van der Waals surface area contributed by atoms with Crippen LogP contribution in [0.5, 0.6) is 0 Å². The van der Waals surface area contributed by atoms with E-state index >= 15 is 0 Å². The molecule has 6 nitrogen and oxygen atoms in total. The molecule has 0 unspecified atom stereocenters. The first kappa shape index (κ1) is 12.6. The first-order valence-electron chi connectivity index (χ1n) is 6.15. The molecule has 1 aromatic carbocycles. The third-order valence-electron chi connectivity index (χ3n) is 2.58. The van der Waals surface area contributed by atoms with Crippen LogP contribution in [0.15, 0.2) is 16.8 Å². The Labute approximate surface area is 105 Å². The van der Waals surface area contributed by atoms with E-state index < -0.39 is 0 Å². The van der Waals surface area contributed by atoms with E-state index in [0.29, 0.717) is 16.7 Å². The number of hydrogen-bond acceptors (Lipinski definition) is 6. The molecule has 2 aromatic rings. The van der Waals surface area contributed by atoms with Crippen molar-refractivity contribution < 1.29 is 9.37 Å². The molecule has 98 valence electrons. The van der Waals surface area contributed by atoms with Crippen molar-refractivity contribution in [2.45, 2.75) is 19.8 Å². The fourth-order valence-corrected chi connectivity index (χ4v) is 1.67. The van der Waals surface area contributed by atoms with Gasteiger partial charge in [0.1, 0.15) is 0 Å². The summed E-state index contributed by atoms with van der Waals surface area (Å²) in [5.41, 5.74) is 8.50. The summed E-state index contributed by atoms with van der Waals surface area (Å²) in [5, 5.41) is 10.9. The van der Waals surface area contributed by atoms with Crippen LogP contribution in [0.4, 0.5) is 11.4 Å². The molecule has 1 aromatic heterocycles. The van der Waals surface area contributed by atoms with Gasteiger partial charge in [0.2, 0.25) is 0 Å². The number of nitrogens with one attached hydrogen (secondary N) is 1. The second kappa shape index (κ2) is 6.20. The Morgan fingerprint density at radius 1 is 1.28 bits per heavy atom. The number of nitrogen functional groups attached to an aromatic ring is 1. The highest BCUT2D eigenvalue weighted by Gasteiger charge is 2.09. The standard InChI is InChI=1S/C12H18N4O2/c1-2-7-17-8-3-6-14-10-5-4-9(13)11-12(10)16-18-15-11/h4-5,14H,2-3,6-8,13H2,1H3. The normalized spacial score (nSPS) is 10.9. The van der Waals surface area contributed by atoms with Gasteiger partial charge in [-0.2, -0.15) is 0 Å². The summed E-state index contributed by atoms with van der Waals surface area (Å²) in [7, 11) is 0. The van der Waals surface area contributed by atoms with Crippen LogP contribution in [-0.2, 0) is 4.74 Å². The lowest BCUT2D eigenvalue weighted by Crippen LogP contribution is -2.06. The summed E-state index contributed by atoms with van der Waals surface area (Å²) >= 11 is 0. The molecule has 0 aliphatic heterocycles. The van der Waals surface area contributed by atoms with E-state index in [1.165, 1.54) is 0 Å². The molecule has 0 amide bonds. The van der Waals surface area contributed by atoms with Gasteiger partial charge in [-0.05, 0) is 35.3 Å². The zero-order valence-electron chi connectivity index (χ0n) is 10.5. The molecule has 0 spiro atoms. The SMILES string of the molecule is CCCOCCCNc1ccc(N)c2nonc12. The Morgan fingerprint density at radius 3 is 2.94 bits per heavy atom. The van der Waals surface area contributed by atoms with Gasteiger partial charge in [0.25, 0.3) is 0 Å². The monoisotopic (exact) mass is 250 g/mol. The second-order valence-electron chi connectivity index (χ2n) is 4.06. The predicted octanol–water partition coefficient (Wildman–Crippen LogP) is 2.03. The summed E-state index contributed by atoms with van der Waals surface area (Å²) in [6, 6.07) is 3.68. The average Bonchev–Trinajstić information content (AvgIpc) is 2.86. The van der Waals surface area contributed by atoms with Gasteiger partial charge in [0.05, 0.1) is 11.4 Å². The first-order chi connectivity index (χ1) is 8.83. The van der Waals surface area contributed by atoms with Crippen molar-refractivity contribution >= 4 is 22.4 Å². The molecule has 6 heteroatoms. The molecule has 1 heterocycles. The fourth-order valence-electron chi connectivity index (χ4n) is 1.67. The van der Waals surface area contributed by atoms with E-state index in [0.717, 1.165) is 38.3 Å². The molecule has 0 fully saturated rings. The van der Waals surface area contributed by atoms with E-state index in [4.69, 9.17) is 15.1 Å². The molecule has 0 aliphatic carbocycles. The number of aromatic nitrogens is 2. The topological polar surface area (TPSA) is 86.2 Å². The molecule has 0 radical (unpaired) electrons. The van der Waals surface area contributed by atoms with Crippen LogP contribution in [-0.4, -0.2) is 30.1 Å². The summed E-state index contributed by atoms with van der Waals surface area (Å²) in [4.78, 5) is 0. The molecular formula is C12H18N4O2. The van der Waals surface area contributed by atoms with Crippen molar-refractivity contribution in [2.75, 3.05) is 30.8 Å². The lowest BCUT2D eigenvalue weighted by Gasteiger charge is -2.07. The Bertz CT molecular complexity index is 498. The van der Waals surface area contributed by atoms with Gasteiger partial charge in [-0.3, -0.25) is 0 Å². The Morgan fingerprint density at radius 2 is 2.11 bits per heavy atom. The van der Waals surface area contributed by atoms with Gasteiger partial charge in [0, 0.05) is 19.8 Å². The lowest BCUT2D eigenvalue weighted by atomic mass is 10.2. The van der Waals surface area contributed by atoms with Gasteiger partial charge in [-0.1, -0.05) is 6.92 Å². The number of anilines is 2. The maximum atomic E-state index is 5.77. The fraction of sp³-hybridized carbons (Fsp3) is 0.500. The minimum Gasteiger partial charge on any atom is -0.397 e. The highest BCUT2D eigenvalue weighted by molar-refractivity contribution is 5.94. The number of benzene rings is 1. The third-order valence-corrected chi connectivity index (χ3v) is 2.58. The molecule has 0 bridgehead atoms. The molecular weight excluding hydrogens is 232 g/mol. The highest BCUT2D eigenvalue weighted by Crippen LogP contribution is 2.24. The van der Waals surface area contributed by atoms with Gasteiger partial charge >= 0.3 is 0 Å². The maximum Gasteiger partial charge on any atom is 0.160 e. The Hall–Kier alpha value is -1.82. The van der Waals surface area contributed by atoms with Crippen molar-refractivity contribution in [3.63, 3.8) is 0 Å². The van der Waals surface area contributed by atoms with Crippen LogP contribution >= 0.6 is 0 Å². The zero-order chi connectivity index (χ0) is 12.8. The number of hydrogen-bond donors (Lipinski definition) is 2. The minimum absolute atomic E-state index is 0.572. The molecule has 0 aliphatic rings. The largest absolute Gasteiger partial charge is 0.397 e. The van der Waals surface area contributed by atoms with Crippen molar-refractivity contribution in [2.24, 2.45) is 0 Å². The van der Waals surface area contributed by atoms with Gasteiger partial charge in [0.15, 0.2) is 11.0 Å². The summed E-state index contributed by atoms with van der Waals surface area (Å²) in [5.74, 6) is 0. The van der Waals surface area contributed by atoms with E-state index in [-0.39, 0.29) is 0 Å². The van der Waals surface area contributed by atoms with E-state index in [9.17, 15) is 0 Å². The average molecular weight is 250 g/mol. The number of fused-ring (bicyclic) bond motifs is 1. The number of nitrogens with zero attached hydrogens (tertiary/aromatic N) is 2. The van der Waals surface area contributed by atoms with E-state index in [1.54, 1.807) is 6.07 Å². The van der Waals surface area contributed by atoms with Gasteiger partial charge < -0.3 is 15.8 Å². The highest BCUT2D eigenvalue weighted by atomic mass is 16.6. The molecule has 0 saturated carbocycles. The van der Waals surface area contributed by atoms with Crippen LogP contribution in [0, 0.1) is 0 Å². The smallest absolute Gasteiger partial charge is 0.160 e. The van der Waals surface area contributed by atoms with Crippen molar-refractivity contribution in [3.05, 3.63) is 12.1 Å². The third kappa shape index (κ3) is 2.89. The molecule has 3 N–H and O–H groups in total. The quantitative estimate of drug-likeness (QED) is 0.577. The van der Waals surface area contributed by atoms with E-state index in [1.807, 2.05) is 6.07 Å². The molecule has 0 saturated heterocycles. The summed E-state index contributed by atoms with van der Waals surface area (Å²) in [6.45, 7) is 4.49. The van der Waals surface area contributed by atoms with Crippen LogP contribution in [0.1, 0.15) is 19.8 Å². The summed E-state index contributed by atoms with van der Waals surface area (Å²) < 4.78 is 10.1. The maximum absolute atomic E-state index is 5.77. The Balaban J connectivity index is 1.88. The molecule has 2 rings (SSSR count). The Kier molecular flexibility index (Phi) is 4.35. The van der Waals surface area contributed by atoms with Crippen LogP contribution in [0.3, 0.4) is 0 Å². The van der Waals surface area contributed by atoms with Crippen LogP contribution in [0.25, 0.3) is 11.0 Å². The summed E-state index contributed by atoms with van der Waals surface area (Å²) in [6.07, 6.45) is 1.99. The second-order valence-corrected chi connectivity index (χ2v) is 4.06. The predicted molar refractivity (Wildman–Crippen MR) is 70.4 cm³/mol.